The molecule has 94 valence electrons. The quantitative estimate of drug-likeness (QED) is 0.887. The summed E-state index contributed by atoms with van der Waals surface area (Å²) >= 11 is 2.06. The van der Waals surface area contributed by atoms with Gasteiger partial charge in [0.25, 0.3) is 0 Å². The highest BCUT2D eigenvalue weighted by atomic mass is 32.2. The zero-order valence-corrected chi connectivity index (χ0v) is 11.3. The summed E-state index contributed by atoms with van der Waals surface area (Å²) in [6, 6.07) is 4.35. The van der Waals surface area contributed by atoms with E-state index in [1.165, 1.54) is 30.2 Å². The predicted octanol–water partition coefficient (Wildman–Crippen LogP) is 2.13. The molecule has 1 aliphatic rings. The number of anilines is 1. The first-order valence-corrected chi connectivity index (χ1v) is 7.54. The molecule has 0 amide bonds. The number of hydrogen-bond acceptors (Lipinski definition) is 4. The van der Waals surface area contributed by atoms with Gasteiger partial charge in [-0.3, -0.25) is 4.98 Å². The van der Waals surface area contributed by atoms with Crippen molar-refractivity contribution in [2.24, 2.45) is 0 Å². The van der Waals surface area contributed by atoms with E-state index in [1.807, 2.05) is 6.20 Å². The van der Waals surface area contributed by atoms with Crippen LogP contribution in [0.2, 0.25) is 0 Å². The molecule has 0 aliphatic carbocycles. The third-order valence-corrected chi connectivity index (χ3v) is 3.99. The molecule has 0 unspecified atom stereocenters. The minimum Gasteiger partial charge on any atom is -0.371 e. The maximum atomic E-state index is 4.40. The molecule has 1 aromatic rings. The number of pyridine rings is 1. The number of nitrogens with zero attached hydrogens (tertiary/aromatic N) is 2. The van der Waals surface area contributed by atoms with Gasteiger partial charge in [-0.1, -0.05) is 6.92 Å². The van der Waals surface area contributed by atoms with Crippen LogP contribution in [0.4, 0.5) is 5.69 Å². The van der Waals surface area contributed by atoms with E-state index in [2.05, 4.69) is 46.0 Å². The summed E-state index contributed by atoms with van der Waals surface area (Å²) in [6.45, 7) is 6.32. The summed E-state index contributed by atoms with van der Waals surface area (Å²) < 4.78 is 0. The second-order valence-electron chi connectivity index (χ2n) is 4.24. The fourth-order valence-electron chi connectivity index (χ4n) is 2.02. The smallest absolute Gasteiger partial charge is 0.0562 e. The van der Waals surface area contributed by atoms with Crippen LogP contribution in [0.5, 0.6) is 0 Å². The Morgan fingerprint density at radius 3 is 3.24 bits per heavy atom. The molecule has 1 aromatic heterocycles. The van der Waals surface area contributed by atoms with E-state index in [1.54, 1.807) is 0 Å². The van der Waals surface area contributed by atoms with Gasteiger partial charge < -0.3 is 10.2 Å². The Kier molecular flexibility index (Phi) is 5.13. The van der Waals surface area contributed by atoms with E-state index in [0.29, 0.717) is 0 Å². The molecule has 1 saturated heterocycles. The lowest BCUT2D eigenvalue weighted by molar-refractivity contribution is 0.709. The van der Waals surface area contributed by atoms with Crippen LogP contribution >= 0.6 is 11.8 Å². The zero-order chi connectivity index (χ0) is 11.9. The van der Waals surface area contributed by atoms with E-state index >= 15 is 0 Å². The fourth-order valence-corrected chi connectivity index (χ4v) is 2.90. The molecule has 2 rings (SSSR count). The zero-order valence-electron chi connectivity index (χ0n) is 10.5. The summed E-state index contributed by atoms with van der Waals surface area (Å²) in [7, 11) is 0. The minimum absolute atomic E-state index is 0.868. The molecule has 0 bridgehead atoms. The standard InChI is InChI=1S/C13H21N3S/c1-2-14-11-12-10-13(4-5-15-12)16-6-3-8-17-9-7-16/h4-5,10,14H,2-3,6-9,11H2,1H3. The lowest BCUT2D eigenvalue weighted by Crippen LogP contribution is -2.25. The van der Waals surface area contributed by atoms with Gasteiger partial charge in [-0.25, -0.2) is 0 Å². The van der Waals surface area contributed by atoms with Crippen LogP contribution in [0.1, 0.15) is 19.0 Å². The molecule has 0 atom stereocenters. The van der Waals surface area contributed by atoms with E-state index in [0.717, 1.165) is 25.3 Å². The van der Waals surface area contributed by atoms with Crippen molar-refractivity contribution < 1.29 is 0 Å². The molecule has 2 heterocycles. The third-order valence-electron chi connectivity index (χ3n) is 2.94. The summed E-state index contributed by atoms with van der Waals surface area (Å²) in [5.74, 6) is 2.54. The van der Waals surface area contributed by atoms with Crippen molar-refractivity contribution in [2.45, 2.75) is 19.9 Å². The van der Waals surface area contributed by atoms with Gasteiger partial charge in [-0.05, 0) is 30.9 Å². The molecule has 0 radical (unpaired) electrons. The first-order valence-electron chi connectivity index (χ1n) is 6.38. The fraction of sp³-hybridized carbons (Fsp3) is 0.615. The van der Waals surface area contributed by atoms with Crippen LogP contribution < -0.4 is 10.2 Å². The van der Waals surface area contributed by atoms with E-state index in [4.69, 9.17) is 0 Å². The van der Waals surface area contributed by atoms with Crippen molar-refractivity contribution >= 4 is 17.4 Å². The van der Waals surface area contributed by atoms with Crippen LogP contribution in [-0.4, -0.2) is 36.1 Å². The van der Waals surface area contributed by atoms with Gasteiger partial charge in [0.15, 0.2) is 0 Å². The Morgan fingerprint density at radius 2 is 2.35 bits per heavy atom. The molecule has 1 N–H and O–H groups in total. The number of aromatic nitrogens is 1. The lowest BCUT2D eigenvalue weighted by atomic mass is 10.2. The van der Waals surface area contributed by atoms with Gasteiger partial charge >= 0.3 is 0 Å². The van der Waals surface area contributed by atoms with Gasteiger partial charge in [0.2, 0.25) is 0 Å². The van der Waals surface area contributed by atoms with Crippen molar-refractivity contribution in [3.63, 3.8) is 0 Å². The SMILES string of the molecule is CCNCc1cc(N2CCCSCC2)ccn1. The monoisotopic (exact) mass is 251 g/mol. The second kappa shape index (κ2) is 6.87. The van der Waals surface area contributed by atoms with E-state index in [-0.39, 0.29) is 0 Å². The molecule has 1 aliphatic heterocycles. The van der Waals surface area contributed by atoms with Crippen molar-refractivity contribution in [1.29, 1.82) is 0 Å². The first kappa shape index (κ1) is 12.7. The molecular formula is C13H21N3S. The summed E-state index contributed by atoms with van der Waals surface area (Å²) in [4.78, 5) is 6.88. The van der Waals surface area contributed by atoms with Crippen LogP contribution in [0.25, 0.3) is 0 Å². The number of thioether (sulfide) groups is 1. The number of nitrogens with one attached hydrogen (secondary N) is 1. The molecule has 4 heteroatoms. The highest BCUT2D eigenvalue weighted by Gasteiger charge is 2.10. The van der Waals surface area contributed by atoms with Gasteiger partial charge in [0, 0.05) is 37.3 Å². The molecule has 1 fully saturated rings. The Balaban J connectivity index is 2.03. The van der Waals surface area contributed by atoms with Crippen molar-refractivity contribution in [1.82, 2.24) is 10.3 Å². The van der Waals surface area contributed by atoms with Gasteiger partial charge in [-0.2, -0.15) is 11.8 Å². The maximum Gasteiger partial charge on any atom is 0.0562 e. The summed E-state index contributed by atoms with van der Waals surface area (Å²) in [5.41, 5.74) is 2.47. The lowest BCUT2D eigenvalue weighted by Gasteiger charge is -2.22. The van der Waals surface area contributed by atoms with Crippen molar-refractivity contribution in [2.75, 3.05) is 36.0 Å². The van der Waals surface area contributed by atoms with E-state index < -0.39 is 0 Å². The van der Waals surface area contributed by atoms with Gasteiger partial charge in [-0.15, -0.1) is 0 Å². The van der Waals surface area contributed by atoms with Crippen molar-refractivity contribution in [3.05, 3.63) is 24.0 Å². The third kappa shape index (κ3) is 3.89. The maximum absolute atomic E-state index is 4.40. The highest BCUT2D eigenvalue weighted by Crippen LogP contribution is 2.19. The van der Waals surface area contributed by atoms with Crippen LogP contribution in [-0.2, 0) is 6.54 Å². The van der Waals surface area contributed by atoms with Crippen LogP contribution in [0.3, 0.4) is 0 Å². The Hall–Kier alpha value is -0.740. The first-order chi connectivity index (χ1) is 8.40. The predicted molar refractivity (Wildman–Crippen MR) is 75.8 cm³/mol. The van der Waals surface area contributed by atoms with Gasteiger partial charge in [0.05, 0.1) is 5.69 Å². The second-order valence-corrected chi connectivity index (χ2v) is 5.46. The topological polar surface area (TPSA) is 28.2 Å². The molecular weight excluding hydrogens is 230 g/mol. The Labute approximate surface area is 108 Å². The molecule has 3 nitrogen and oxygen atoms in total. The molecule has 0 saturated carbocycles. The normalized spacial score (nSPS) is 16.9. The number of hydrogen-bond donors (Lipinski definition) is 1. The largest absolute Gasteiger partial charge is 0.371 e. The Morgan fingerprint density at radius 1 is 1.41 bits per heavy atom. The van der Waals surface area contributed by atoms with Crippen molar-refractivity contribution in [3.8, 4) is 0 Å². The average molecular weight is 251 g/mol. The van der Waals surface area contributed by atoms with E-state index in [9.17, 15) is 0 Å². The van der Waals surface area contributed by atoms with Gasteiger partial charge in [0.1, 0.15) is 0 Å². The van der Waals surface area contributed by atoms with Crippen LogP contribution in [0.15, 0.2) is 18.3 Å². The molecule has 0 aromatic carbocycles. The molecule has 17 heavy (non-hydrogen) atoms. The Bertz CT molecular complexity index is 335. The van der Waals surface area contributed by atoms with Crippen LogP contribution in [0, 0.1) is 0 Å². The minimum atomic E-state index is 0.868. The summed E-state index contributed by atoms with van der Waals surface area (Å²) in [5, 5.41) is 3.32. The number of rotatable bonds is 4. The summed E-state index contributed by atoms with van der Waals surface area (Å²) in [6.07, 6.45) is 3.22. The highest BCUT2D eigenvalue weighted by molar-refractivity contribution is 7.99. The molecule has 0 spiro atoms. The average Bonchev–Trinajstić information content (AvgIpc) is 2.65.